The summed E-state index contributed by atoms with van der Waals surface area (Å²) in [7, 11) is 0. The van der Waals surface area contributed by atoms with Crippen LogP contribution in [0.3, 0.4) is 0 Å². The standard InChI is InChI=1S/C30H37FN6O3/c1-30(2,39)28(31)18-36(22-5-3-20(4-6-22)21-9-11-40-12-10-21)27-14-25(34-17-24(27)29(33)38)26-8-7-23-13-19(15-32)16-35-37(23)26/h7-8,13-14,16-17,20-22,28,39H,3-6,9-12,18H2,1-2H3,(H2,33,38)/t20?,22?,28-/m1/s1. The molecule has 1 saturated heterocycles. The maximum absolute atomic E-state index is 15.5. The van der Waals surface area contributed by atoms with Crippen molar-refractivity contribution in [3.8, 4) is 17.5 Å². The minimum absolute atomic E-state index is 0.0228. The van der Waals surface area contributed by atoms with E-state index in [0.29, 0.717) is 34.5 Å². The number of primary amides is 1. The Hall–Kier alpha value is -3.55. The molecule has 3 aromatic heterocycles. The summed E-state index contributed by atoms with van der Waals surface area (Å²) >= 11 is 0. The minimum Gasteiger partial charge on any atom is -0.387 e. The molecule has 40 heavy (non-hydrogen) atoms. The number of ether oxygens (including phenoxy) is 1. The second-order valence-electron chi connectivity index (χ2n) is 11.7. The van der Waals surface area contributed by atoms with Gasteiger partial charge in [0.15, 0.2) is 0 Å². The van der Waals surface area contributed by atoms with Crippen molar-refractivity contribution in [2.24, 2.45) is 17.6 Å². The maximum Gasteiger partial charge on any atom is 0.252 e. The van der Waals surface area contributed by atoms with Crippen molar-refractivity contribution >= 4 is 17.1 Å². The van der Waals surface area contributed by atoms with Crippen molar-refractivity contribution in [1.29, 1.82) is 5.26 Å². The van der Waals surface area contributed by atoms with Gasteiger partial charge in [0.05, 0.1) is 52.1 Å². The molecule has 212 valence electrons. The lowest BCUT2D eigenvalue weighted by Gasteiger charge is -2.43. The first-order chi connectivity index (χ1) is 19.2. The van der Waals surface area contributed by atoms with Crippen molar-refractivity contribution in [3.63, 3.8) is 0 Å². The number of halogens is 1. The molecule has 1 aliphatic heterocycles. The first-order valence-electron chi connectivity index (χ1n) is 14.0. The fourth-order valence-corrected chi connectivity index (χ4v) is 6.18. The van der Waals surface area contributed by atoms with Gasteiger partial charge in [-0.15, -0.1) is 0 Å². The molecular weight excluding hydrogens is 511 g/mol. The number of hydrogen-bond donors (Lipinski definition) is 2. The minimum atomic E-state index is -1.56. The molecule has 0 spiro atoms. The quantitative estimate of drug-likeness (QED) is 0.430. The molecule has 0 unspecified atom stereocenters. The Morgan fingerprint density at radius 1 is 1.20 bits per heavy atom. The Bertz CT molecular complexity index is 1400. The van der Waals surface area contributed by atoms with Crippen molar-refractivity contribution in [1.82, 2.24) is 14.6 Å². The number of aliphatic hydroxyl groups is 1. The summed E-state index contributed by atoms with van der Waals surface area (Å²) in [4.78, 5) is 19.0. The van der Waals surface area contributed by atoms with Crippen molar-refractivity contribution in [3.05, 3.63) is 47.8 Å². The largest absolute Gasteiger partial charge is 0.387 e. The lowest BCUT2D eigenvalue weighted by molar-refractivity contribution is -0.000929. The number of nitriles is 1. The van der Waals surface area contributed by atoms with E-state index in [1.165, 1.54) is 26.2 Å². The van der Waals surface area contributed by atoms with Crippen LogP contribution in [-0.4, -0.2) is 63.2 Å². The van der Waals surface area contributed by atoms with Crippen LogP contribution in [0.4, 0.5) is 10.1 Å². The number of alkyl halides is 1. The van der Waals surface area contributed by atoms with E-state index in [0.717, 1.165) is 57.3 Å². The molecule has 1 amide bonds. The van der Waals surface area contributed by atoms with Gasteiger partial charge < -0.3 is 20.5 Å². The highest BCUT2D eigenvalue weighted by Gasteiger charge is 2.36. The summed E-state index contributed by atoms with van der Waals surface area (Å²) in [6, 6.07) is 9.25. The number of pyridine rings is 1. The summed E-state index contributed by atoms with van der Waals surface area (Å²) in [6.45, 7) is 4.46. The molecule has 3 N–H and O–H groups in total. The van der Waals surface area contributed by atoms with E-state index in [1.807, 2.05) is 17.0 Å². The van der Waals surface area contributed by atoms with Crippen LogP contribution in [0, 0.1) is 23.2 Å². The average Bonchev–Trinajstić information content (AvgIpc) is 3.38. The van der Waals surface area contributed by atoms with Gasteiger partial charge in [0.25, 0.3) is 5.91 Å². The molecular formula is C30H37FN6O3. The first kappa shape index (κ1) is 28.0. The molecule has 5 rings (SSSR count). The molecule has 9 nitrogen and oxygen atoms in total. The number of nitrogens with zero attached hydrogens (tertiary/aromatic N) is 5. The Morgan fingerprint density at radius 3 is 2.55 bits per heavy atom. The van der Waals surface area contributed by atoms with E-state index in [9.17, 15) is 15.2 Å². The number of fused-ring (bicyclic) bond motifs is 1. The number of carbonyl (C=O) groups is 1. The zero-order chi connectivity index (χ0) is 28.4. The fourth-order valence-electron chi connectivity index (χ4n) is 6.18. The third kappa shape index (κ3) is 5.81. The molecule has 3 aromatic rings. The second-order valence-corrected chi connectivity index (χ2v) is 11.7. The maximum atomic E-state index is 15.5. The Morgan fingerprint density at radius 2 is 1.90 bits per heavy atom. The van der Waals surface area contributed by atoms with Gasteiger partial charge in [-0.3, -0.25) is 9.78 Å². The van der Waals surface area contributed by atoms with Crippen LogP contribution < -0.4 is 10.6 Å². The highest BCUT2D eigenvalue weighted by atomic mass is 19.1. The van der Waals surface area contributed by atoms with Crippen molar-refractivity contribution in [2.75, 3.05) is 24.7 Å². The summed E-state index contributed by atoms with van der Waals surface area (Å²) in [5, 5.41) is 24.1. The van der Waals surface area contributed by atoms with E-state index in [4.69, 9.17) is 10.5 Å². The number of anilines is 1. The van der Waals surface area contributed by atoms with Crippen LogP contribution in [0.2, 0.25) is 0 Å². The van der Waals surface area contributed by atoms with Gasteiger partial charge in [-0.05, 0) is 88.5 Å². The molecule has 10 heteroatoms. The lowest BCUT2D eigenvalue weighted by Crippen LogP contribution is -2.48. The summed E-state index contributed by atoms with van der Waals surface area (Å²) in [5.74, 6) is 0.613. The van der Waals surface area contributed by atoms with Crippen LogP contribution in [0.5, 0.6) is 0 Å². The number of carbonyl (C=O) groups excluding carboxylic acids is 1. The van der Waals surface area contributed by atoms with Gasteiger partial charge in [-0.1, -0.05) is 0 Å². The second kappa shape index (κ2) is 11.5. The molecule has 0 radical (unpaired) electrons. The van der Waals surface area contributed by atoms with E-state index >= 15 is 4.39 Å². The highest BCUT2D eigenvalue weighted by molar-refractivity contribution is 5.99. The van der Waals surface area contributed by atoms with Crippen LogP contribution >= 0.6 is 0 Å². The van der Waals surface area contributed by atoms with Gasteiger partial charge in [0.1, 0.15) is 12.2 Å². The number of aromatic nitrogens is 3. The summed E-state index contributed by atoms with van der Waals surface area (Å²) in [5.41, 5.74) is 7.33. The smallest absolute Gasteiger partial charge is 0.252 e. The topological polar surface area (TPSA) is 130 Å². The number of nitrogens with two attached hydrogens (primary N) is 1. The van der Waals surface area contributed by atoms with Gasteiger partial charge in [-0.2, -0.15) is 10.4 Å². The zero-order valence-electron chi connectivity index (χ0n) is 23.1. The third-order valence-corrected chi connectivity index (χ3v) is 8.59. The molecule has 1 saturated carbocycles. The zero-order valence-corrected chi connectivity index (χ0v) is 23.1. The van der Waals surface area contributed by atoms with E-state index in [-0.39, 0.29) is 18.2 Å². The van der Waals surface area contributed by atoms with E-state index < -0.39 is 17.7 Å². The number of hydrogen-bond acceptors (Lipinski definition) is 7. The summed E-state index contributed by atoms with van der Waals surface area (Å²) < 4.78 is 22.7. The SMILES string of the molecule is CC(C)(O)[C@H](F)CN(c1cc(-c2ccc3cc(C#N)cnn23)ncc1C(N)=O)C1CCC(C2CCOCC2)CC1. The van der Waals surface area contributed by atoms with Crippen LogP contribution in [0.1, 0.15) is 68.3 Å². The lowest BCUT2D eigenvalue weighted by atomic mass is 9.75. The molecule has 4 heterocycles. The van der Waals surface area contributed by atoms with E-state index in [2.05, 4.69) is 16.2 Å². The van der Waals surface area contributed by atoms with Crippen LogP contribution in [-0.2, 0) is 4.74 Å². The number of rotatable bonds is 8. The Kier molecular flexibility index (Phi) is 8.06. The highest BCUT2D eigenvalue weighted by Crippen LogP contribution is 2.39. The van der Waals surface area contributed by atoms with Gasteiger partial charge >= 0.3 is 0 Å². The predicted octanol–water partition coefficient (Wildman–Crippen LogP) is 4.27. The summed E-state index contributed by atoms with van der Waals surface area (Å²) in [6.07, 6.45) is 7.26. The van der Waals surface area contributed by atoms with Crippen LogP contribution in [0.15, 0.2) is 36.7 Å². The van der Waals surface area contributed by atoms with Crippen molar-refractivity contribution in [2.45, 2.75) is 70.2 Å². The normalized spacial score (nSPS) is 21.2. The van der Waals surface area contributed by atoms with Gasteiger partial charge in [0.2, 0.25) is 0 Å². The number of amides is 1. The average molecular weight is 549 g/mol. The molecule has 1 atom stereocenters. The van der Waals surface area contributed by atoms with Gasteiger partial charge in [0, 0.05) is 25.5 Å². The molecule has 0 bridgehead atoms. The fraction of sp³-hybridized carbons (Fsp3) is 0.533. The van der Waals surface area contributed by atoms with Crippen LogP contribution in [0.25, 0.3) is 16.9 Å². The predicted molar refractivity (Wildman–Crippen MR) is 149 cm³/mol. The Labute approximate surface area is 233 Å². The third-order valence-electron chi connectivity index (χ3n) is 8.59. The van der Waals surface area contributed by atoms with Crippen molar-refractivity contribution < 1.29 is 19.0 Å². The molecule has 1 aliphatic carbocycles. The van der Waals surface area contributed by atoms with Gasteiger partial charge in [-0.25, -0.2) is 8.91 Å². The molecule has 2 fully saturated rings. The first-order valence-corrected chi connectivity index (χ1v) is 14.0. The molecule has 0 aromatic carbocycles. The monoisotopic (exact) mass is 548 g/mol. The Balaban J connectivity index is 1.51. The van der Waals surface area contributed by atoms with E-state index in [1.54, 1.807) is 16.6 Å². The molecule has 2 aliphatic rings.